The van der Waals surface area contributed by atoms with E-state index < -0.39 is 30.0 Å². The van der Waals surface area contributed by atoms with E-state index in [2.05, 4.69) is 5.32 Å². The third-order valence-corrected chi connectivity index (χ3v) is 7.05. The van der Waals surface area contributed by atoms with Crippen LogP contribution in [-0.2, 0) is 14.3 Å². The number of hydrazine groups is 1. The van der Waals surface area contributed by atoms with Crippen LogP contribution in [0.3, 0.4) is 0 Å². The first-order chi connectivity index (χ1) is 19.4. The zero-order valence-corrected chi connectivity index (χ0v) is 22.5. The fourth-order valence-corrected chi connectivity index (χ4v) is 5.26. The molecule has 2 aliphatic heterocycles. The number of amides is 2. The second-order valence-electron chi connectivity index (χ2n) is 9.17. The third-order valence-electron chi connectivity index (χ3n) is 7.05. The minimum Gasteiger partial charge on any atom is -0.493 e. The van der Waals surface area contributed by atoms with Crippen molar-refractivity contribution in [1.29, 1.82) is 0 Å². The number of hydrogen-bond donors (Lipinski definition) is 1. The first-order valence-electron chi connectivity index (χ1n) is 12.6. The van der Waals surface area contributed by atoms with Crippen molar-refractivity contribution in [2.24, 2.45) is 0 Å². The highest BCUT2D eigenvalue weighted by atomic mass is 16.5. The molecule has 10 nitrogen and oxygen atoms in total. The summed E-state index contributed by atoms with van der Waals surface area (Å²) in [5.41, 5.74) is 2.03. The van der Waals surface area contributed by atoms with E-state index in [1.54, 1.807) is 41.4 Å². The molecule has 1 saturated heterocycles. The minimum absolute atomic E-state index is 0.235. The van der Waals surface area contributed by atoms with E-state index in [1.807, 2.05) is 36.4 Å². The van der Waals surface area contributed by atoms with Gasteiger partial charge in [-0.05, 0) is 35.4 Å². The molecule has 0 saturated carbocycles. The van der Waals surface area contributed by atoms with Crippen molar-refractivity contribution in [1.82, 2.24) is 15.3 Å². The van der Waals surface area contributed by atoms with E-state index in [0.717, 1.165) is 5.56 Å². The molecule has 0 spiro atoms. The molecule has 0 bridgehead atoms. The Kier molecular flexibility index (Phi) is 7.43. The number of carbonyl (C=O) groups excluding carboxylic acids is 3. The summed E-state index contributed by atoms with van der Waals surface area (Å²) in [6.07, 6.45) is 1.46. The van der Waals surface area contributed by atoms with Gasteiger partial charge in [-0.25, -0.2) is 9.80 Å². The van der Waals surface area contributed by atoms with Crippen molar-refractivity contribution in [2.45, 2.75) is 18.1 Å². The van der Waals surface area contributed by atoms with Crippen molar-refractivity contribution < 1.29 is 33.3 Å². The molecule has 3 atom stereocenters. The number of rotatable bonds is 8. The highest BCUT2D eigenvalue weighted by Crippen LogP contribution is 2.50. The molecule has 10 heteroatoms. The monoisotopic (exact) mass is 543 g/mol. The molecule has 0 unspecified atom stereocenters. The average molecular weight is 544 g/mol. The molecule has 0 aliphatic carbocycles. The Bertz CT molecular complexity index is 1430. The maximum absolute atomic E-state index is 13.9. The lowest BCUT2D eigenvalue weighted by Gasteiger charge is -2.33. The lowest BCUT2D eigenvalue weighted by Crippen LogP contribution is -2.43. The number of nitrogens with zero attached hydrogens (tertiary/aromatic N) is 2. The molecular formula is C30H29N3O7. The van der Waals surface area contributed by atoms with Crippen LogP contribution < -0.4 is 19.5 Å². The summed E-state index contributed by atoms with van der Waals surface area (Å²) in [7, 11) is 5.79. The highest BCUT2D eigenvalue weighted by molar-refractivity contribution is 5.99. The Hall–Kier alpha value is -4.83. The number of hydrogen-bond acceptors (Lipinski definition) is 8. The minimum atomic E-state index is -0.949. The van der Waals surface area contributed by atoms with Crippen molar-refractivity contribution in [2.75, 3.05) is 28.4 Å². The summed E-state index contributed by atoms with van der Waals surface area (Å²) in [6, 6.07) is 19.1. The van der Waals surface area contributed by atoms with Gasteiger partial charge in [0.25, 0.3) is 11.8 Å². The second kappa shape index (κ2) is 11.1. The predicted octanol–water partition coefficient (Wildman–Crippen LogP) is 3.42. The molecule has 1 fully saturated rings. The van der Waals surface area contributed by atoms with Gasteiger partial charge in [0.05, 0.1) is 46.1 Å². The second-order valence-corrected chi connectivity index (χ2v) is 9.17. The molecule has 2 aliphatic rings. The molecule has 3 aromatic rings. The van der Waals surface area contributed by atoms with Crippen LogP contribution in [0.5, 0.6) is 17.2 Å². The lowest BCUT2D eigenvalue weighted by atomic mass is 9.93. The van der Waals surface area contributed by atoms with E-state index in [9.17, 15) is 14.4 Å². The van der Waals surface area contributed by atoms with E-state index >= 15 is 0 Å². The quantitative estimate of drug-likeness (QED) is 0.431. The Morgan fingerprint density at radius 2 is 1.40 bits per heavy atom. The fourth-order valence-electron chi connectivity index (χ4n) is 5.26. The molecule has 40 heavy (non-hydrogen) atoms. The molecular weight excluding hydrogens is 514 g/mol. The Morgan fingerprint density at radius 1 is 0.800 bits per heavy atom. The van der Waals surface area contributed by atoms with Crippen molar-refractivity contribution in [3.8, 4) is 17.2 Å². The van der Waals surface area contributed by atoms with E-state index in [1.165, 1.54) is 39.6 Å². The smallest absolute Gasteiger partial charge is 0.337 e. The summed E-state index contributed by atoms with van der Waals surface area (Å²) < 4.78 is 21.7. The van der Waals surface area contributed by atoms with Crippen LogP contribution in [0.15, 0.2) is 84.6 Å². The van der Waals surface area contributed by atoms with Gasteiger partial charge in [-0.3, -0.25) is 9.59 Å². The Labute approximate surface area is 231 Å². The molecule has 3 aromatic carbocycles. The van der Waals surface area contributed by atoms with Gasteiger partial charge in [0.1, 0.15) is 6.04 Å². The first kappa shape index (κ1) is 26.8. The topological polar surface area (TPSA) is 107 Å². The van der Waals surface area contributed by atoms with Crippen molar-refractivity contribution in [3.63, 3.8) is 0 Å². The van der Waals surface area contributed by atoms with Crippen LogP contribution >= 0.6 is 0 Å². The number of nitrogens with one attached hydrogen (secondary N) is 1. The largest absolute Gasteiger partial charge is 0.493 e. The third kappa shape index (κ3) is 4.52. The Morgan fingerprint density at radius 3 is 1.95 bits per heavy atom. The maximum Gasteiger partial charge on any atom is 0.337 e. The summed E-state index contributed by atoms with van der Waals surface area (Å²) in [5, 5.41) is 6.09. The van der Waals surface area contributed by atoms with Crippen LogP contribution in [-0.4, -0.2) is 62.3 Å². The van der Waals surface area contributed by atoms with Crippen LogP contribution in [0.4, 0.5) is 0 Å². The molecule has 2 amide bonds. The fraction of sp³-hybridized carbons (Fsp3) is 0.233. The number of benzene rings is 3. The van der Waals surface area contributed by atoms with Gasteiger partial charge in [-0.15, -0.1) is 0 Å². The lowest BCUT2D eigenvalue weighted by molar-refractivity contribution is -0.138. The maximum atomic E-state index is 13.9. The molecule has 1 N–H and O–H groups in total. The van der Waals surface area contributed by atoms with Crippen molar-refractivity contribution >= 4 is 17.8 Å². The van der Waals surface area contributed by atoms with Gasteiger partial charge in [0, 0.05) is 11.8 Å². The summed E-state index contributed by atoms with van der Waals surface area (Å²) in [6.45, 7) is 0. The van der Waals surface area contributed by atoms with E-state index in [0.29, 0.717) is 28.4 Å². The molecule has 0 aromatic heterocycles. The molecule has 5 rings (SSSR count). The molecule has 0 radical (unpaired) electrons. The number of methoxy groups -OCH3 is 4. The van der Waals surface area contributed by atoms with Crippen LogP contribution in [0.2, 0.25) is 0 Å². The SMILES string of the molecule is COC(=O)C1=CN2C(=O)[C@@H](NC(=O)c3ccccc3)[C@H](c3ccccc3)N2[C@@H]1c1cc(OC)c(OC)c(OC)c1. The van der Waals surface area contributed by atoms with Crippen LogP contribution in [0.1, 0.15) is 33.6 Å². The van der Waals surface area contributed by atoms with E-state index in [4.69, 9.17) is 18.9 Å². The zero-order valence-electron chi connectivity index (χ0n) is 22.5. The predicted molar refractivity (Wildman–Crippen MR) is 145 cm³/mol. The molecule has 206 valence electrons. The standard InChI is InChI=1S/C30H29N3O7/c1-37-22-15-20(16-23(38-2)27(22)39-3)25-21(30(36)40-4)17-32-29(35)24(31-28(34)19-13-9-6-10-14-19)26(33(25)32)18-11-7-5-8-12-18/h5-17,24-26H,1-4H3,(H,31,34)/t24-,25+,26-/m0/s1. The average Bonchev–Trinajstić information content (AvgIpc) is 3.51. The van der Waals surface area contributed by atoms with Gasteiger partial charge in [-0.2, -0.15) is 5.01 Å². The summed E-state index contributed by atoms with van der Waals surface area (Å²) in [4.78, 5) is 40.2. The van der Waals surface area contributed by atoms with Crippen LogP contribution in [0, 0.1) is 0 Å². The highest BCUT2D eigenvalue weighted by Gasteiger charge is 2.55. The first-order valence-corrected chi connectivity index (χ1v) is 12.6. The summed E-state index contributed by atoms with van der Waals surface area (Å²) >= 11 is 0. The van der Waals surface area contributed by atoms with Crippen LogP contribution in [0.25, 0.3) is 0 Å². The zero-order chi connectivity index (χ0) is 28.4. The van der Waals surface area contributed by atoms with Crippen molar-refractivity contribution in [3.05, 3.63) is 101 Å². The number of ether oxygens (including phenoxy) is 4. The van der Waals surface area contributed by atoms with Gasteiger partial charge in [0.2, 0.25) is 5.75 Å². The Balaban J connectivity index is 1.66. The van der Waals surface area contributed by atoms with Gasteiger partial charge < -0.3 is 24.3 Å². The number of esters is 1. The summed E-state index contributed by atoms with van der Waals surface area (Å²) in [5.74, 6) is -0.223. The molecule has 2 heterocycles. The van der Waals surface area contributed by atoms with E-state index in [-0.39, 0.29) is 11.5 Å². The van der Waals surface area contributed by atoms with Gasteiger partial charge in [-0.1, -0.05) is 48.5 Å². The van der Waals surface area contributed by atoms with Gasteiger partial charge >= 0.3 is 5.97 Å². The number of carbonyl (C=O) groups is 3. The normalized spacial score (nSPS) is 20.0. The number of fused-ring (bicyclic) bond motifs is 1. The van der Waals surface area contributed by atoms with Gasteiger partial charge in [0.15, 0.2) is 11.5 Å².